The summed E-state index contributed by atoms with van der Waals surface area (Å²) in [4.78, 5) is 46.3. The number of carbonyl (C=O) groups excluding carboxylic acids is 4. The lowest BCUT2D eigenvalue weighted by Gasteiger charge is -2.39. The van der Waals surface area contributed by atoms with E-state index in [1.807, 2.05) is 0 Å². The minimum absolute atomic E-state index is 0.0245. The van der Waals surface area contributed by atoms with Crippen LogP contribution in [0.4, 0.5) is 0 Å². The molecule has 1 aliphatic rings. The van der Waals surface area contributed by atoms with Gasteiger partial charge in [0.2, 0.25) is 11.8 Å². The second-order valence-corrected chi connectivity index (χ2v) is 9.75. The van der Waals surface area contributed by atoms with Gasteiger partial charge < -0.3 is 10.6 Å². The number of carbonyl (C=O) groups is 4. The van der Waals surface area contributed by atoms with Crippen LogP contribution in [0.1, 0.15) is 33.6 Å². The molecule has 10 nitrogen and oxygen atoms in total. The third-order valence-electron chi connectivity index (χ3n) is 3.73. The smallest absolute Gasteiger partial charge is 0.355 e. The van der Waals surface area contributed by atoms with Gasteiger partial charge in [-0.25, -0.2) is 4.57 Å². The average Bonchev–Trinajstić information content (AvgIpc) is 2.60. The van der Waals surface area contributed by atoms with Crippen molar-refractivity contribution in [2.24, 2.45) is 5.41 Å². The molecule has 0 spiro atoms. The highest BCUT2D eigenvalue weighted by molar-refractivity contribution is 8.13. The van der Waals surface area contributed by atoms with Crippen LogP contribution in [0, 0.1) is 5.41 Å². The normalized spacial score (nSPS) is 23.6. The van der Waals surface area contributed by atoms with Gasteiger partial charge in [0, 0.05) is 37.8 Å². The Morgan fingerprint density at radius 2 is 1.89 bits per heavy atom. The Balaban J connectivity index is 2.31. The van der Waals surface area contributed by atoms with E-state index in [2.05, 4.69) is 10.6 Å². The van der Waals surface area contributed by atoms with Gasteiger partial charge in [0.05, 0.1) is 13.0 Å². The molecule has 1 fully saturated rings. The molecule has 1 heterocycles. The molecule has 2 N–H and O–H groups in total. The maximum atomic E-state index is 12.4. The molecule has 0 aromatic rings. The summed E-state index contributed by atoms with van der Waals surface area (Å²) in [5.74, 6) is -0.644. The van der Waals surface area contributed by atoms with Crippen LogP contribution in [0.3, 0.4) is 0 Å². The molecular weight excluding hydrogens is 411 g/mol. The first kappa shape index (κ1) is 24.8. The van der Waals surface area contributed by atoms with Crippen molar-refractivity contribution >= 4 is 42.3 Å². The highest BCUT2D eigenvalue weighted by atomic mass is 32.2. The van der Waals surface area contributed by atoms with Crippen LogP contribution in [0.15, 0.2) is 0 Å². The van der Waals surface area contributed by atoms with Crippen molar-refractivity contribution in [1.82, 2.24) is 10.6 Å². The van der Waals surface area contributed by atoms with E-state index < -0.39 is 25.2 Å². The molecule has 1 saturated heterocycles. The van der Waals surface area contributed by atoms with Crippen molar-refractivity contribution in [2.75, 3.05) is 32.6 Å². The fraction of sp³-hybridized carbons (Fsp3) is 0.750. The minimum Gasteiger partial charge on any atom is -0.355 e. The van der Waals surface area contributed by atoms with Gasteiger partial charge in [-0.2, -0.15) is 0 Å². The maximum absolute atomic E-state index is 12.4. The third kappa shape index (κ3) is 8.40. The number of phosphoric acid groups is 1. The Bertz CT molecular complexity index is 655. The van der Waals surface area contributed by atoms with Gasteiger partial charge >= 0.3 is 7.82 Å². The molecule has 0 aromatic heterocycles. The minimum atomic E-state index is -3.76. The van der Waals surface area contributed by atoms with E-state index in [1.165, 1.54) is 14.0 Å². The zero-order valence-corrected chi connectivity index (χ0v) is 18.2. The van der Waals surface area contributed by atoms with Gasteiger partial charge in [0.1, 0.15) is 5.78 Å². The first-order valence-electron chi connectivity index (χ1n) is 8.67. The van der Waals surface area contributed by atoms with Crippen molar-refractivity contribution in [3.05, 3.63) is 0 Å². The van der Waals surface area contributed by atoms with Gasteiger partial charge in [-0.1, -0.05) is 25.6 Å². The summed E-state index contributed by atoms with van der Waals surface area (Å²) in [6.45, 7) is 5.16. The number of phosphoric ester groups is 1. The number of hydrogen-bond donors (Lipinski definition) is 2. The van der Waals surface area contributed by atoms with Crippen molar-refractivity contribution in [3.63, 3.8) is 0 Å². The fourth-order valence-corrected chi connectivity index (χ4v) is 4.33. The van der Waals surface area contributed by atoms with Gasteiger partial charge in [0.15, 0.2) is 11.2 Å². The number of rotatable bonds is 10. The van der Waals surface area contributed by atoms with Gasteiger partial charge in [-0.3, -0.25) is 32.7 Å². The summed E-state index contributed by atoms with van der Waals surface area (Å²) in [5, 5.41) is 4.96. The van der Waals surface area contributed by atoms with Crippen molar-refractivity contribution in [2.45, 2.75) is 39.7 Å². The fourth-order valence-electron chi connectivity index (χ4n) is 2.21. The Labute approximate surface area is 168 Å². The van der Waals surface area contributed by atoms with E-state index in [-0.39, 0.29) is 49.3 Å². The summed E-state index contributed by atoms with van der Waals surface area (Å²) < 4.78 is 27.1. The zero-order chi connectivity index (χ0) is 21.4. The van der Waals surface area contributed by atoms with Crippen LogP contribution < -0.4 is 10.6 Å². The third-order valence-corrected chi connectivity index (χ3v) is 5.97. The number of nitrogens with one attached hydrogen (secondary N) is 2. The Kier molecular flexibility index (Phi) is 9.79. The zero-order valence-electron chi connectivity index (χ0n) is 16.4. The quantitative estimate of drug-likeness (QED) is 0.291. The highest BCUT2D eigenvalue weighted by Gasteiger charge is 2.48. The molecule has 1 rings (SSSR count). The predicted molar refractivity (Wildman–Crippen MR) is 103 cm³/mol. The second kappa shape index (κ2) is 11.1. The van der Waals surface area contributed by atoms with Crippen LogP contribution in [0.2, 0.25) is 0 Å². The van der Waals surface area contributed by atoms with Gasteiger partial charge in [-0.05, 0) is 6.92 Å². The molecule has 0 bridgehead atoms. The largest absolute Gasteiger partial charge is 0.475 e. The second-order valence-electron chi connectivity index (χ2n) is 6.87. The molecule has 1 aliphatic heterocycles. The first-order valence-corrected chi connectivity index (χ1v) is 11.1. The molecule has 1 unspecified atom stereocenters. The van der Waals surface area contributed by atoms with Crippen molar-refractivity contribution in [1.29, 1.82) is 0 Å². The lowest BCUT2D eigenvalue weighted by Crippen LogP contribution is -2.50. The monoisotopic (exact) mass is 438 g/mol. The molecule has 12 heteroatoms. The molecule has 28 heavy (non-hydrogen) atoms. The lowest BCUT2D eigenvalue weighted by molar-refractivity contribution is -0.141. The van der Waals surface area contributed by atoms with E-state index in [9.17, 15) is 23.7 Å². The number of Topliss-reactive ketones (excluding diaryl/α,β-unsaturated/α-hetero) is 1. The van der Waals surface area contributed by atoms with Gasteiger partial charge in [-0.15, -0.1) is 0 Å². The van der Waals surface area contributed by atoms with E-state index in [4.69, 9.17) is 13.6 Å². The van der Waals surface area contributed by atoms with Crippen LogP contribution >= 0.6 is 19.6 Å². The van der Waals surface area contributed by atoms with Crippen molar-refractivity contribution < 1.29 is 37.3 Å². The highest BCUT2D eigenvalue weighted by Crippen LogP contribution is 2.56. The Hall–Kier alpha value is -1.26. The van der Waals surface area contributed by atoms with Crippen LogP contribution in [-0.2, 0) is 37.3 Å². The summed E-state index contributed by atoms with van der Waals surface area (Å²) in [6, 6.07) is 0. The molecule has 160 valence electrons. The molecular formula is C16H27N2O8PS. The topological polar surface area (TPSA) is 137 Å². The van der Waals surface area contributed by atoms with E-state index in [0.29, 0.717) is 5.75 Å². The predicted octanol–water partition coefficient (Wildman–Crippen LogP) is 1.04. The molecule has 0 aliphatic carbocycles. The van der Waals surface area contributed by atoms with Crippen molar-refractivity contribution in [3.8, 4) is 0 Å². The molecule has 2 amide bonds. The number of thioether (sulfide) groups is 1. The number of ketones is 1. The number of hydrogen-bond acceptors (Lipinski definition) is 9. The molecule has 0 radical (unpaired) electrons. The summed E-state index contributed by atoms with van der Waals surface area (Å²) in [7, 11) is -2.59. The molecule has 2 atom stereocenters. The standard InChI is InChI=1S/C16H27N2O8PS/c1-11(19)9-13(21)28-8-7-17-12(20)5-6-18-15(22)14-16(2,3)10-25-27(23,24-4)26-14/h14H,5-10H2,1-4H3,(H,17,20)(H,18,22)/t14-,27?/m0/s1. The van der Waals surface area contributed by atoms with Crippen LogP contribution in [0.5, 0.6) is 0 Å². The van der Waals surface area contributed by atoms with E-state index in [0.717, 1.165) is 11.8 Å². The van der Waals surface area contributed by atoms with E-state index >= 15 is 0 Å². The van der Waals surface area contributed by atoms with Gasteiger partial charge in [0.25, 0.3) is 0 Å². The van der Waals surface area contributed by atoms with Crippen LogP contribution in [0.25, 0.3) is 0 Å². The Morgan fingerprint density at radius 1 is 1.21 bits per heavy atom. The lowest BCUT2D eigenvalue weighted by atomic mass is 9.87. The Morgan fingerprint density at radius 3 is 2.50 bits per heavy atom. The average molecular weight is 438 g/mol. The summed E-state index contributed by atoms with van der Waals surface area (Å²) >= 11 is 0.985. The molecule has 0 aromatic carbocycles. The molecule has 0 saturated carbocycles. The summed E-state index contributed by atoms with van der Waals surface area (Å²) in [6.07, 6.45) is -1.13. The van der Waals surface area contributed by atoms with Crippen LogP contribution in [-0.4, -0.2) is 61.4 Å². The SMILES string of the molecule is COP1(=O)OCC(C)(C)[C@H](C(=O)NCCC(=O)NCCSC(=O)CC(C)=O)O1. The maximum Gasteiger partial charge on any atom is 0.475 e. The number of amides is 2. The summed E-state index contributed by atoms with van der Waals surface area (Å²) in [5.41, 5.74) is -0.720. The first-order chi connectivity index (χ1) is 13.0. The van der Waals surface area contributed by atoms with E-state index in [1.54, 1.807) is 13.8 Å².